The van der Waals surface area contributed by atoms with Crippen molar-refractivity contribution in [3.05, 3.63) is 18.2 Å². The first-order valence-corrected chi connectivity index (χ1v) is 7.87. The van der Waals surface area contributed by atoms with Gasteiger partial charge in [0.2, 0.25) is 11.9 Å². The Morgan fingerprint density at radius 1 is 1.52 bits per heavy atom. The zero-order valence-corrected chi connectivity index (χ0v) is 12.9. The number of hydrogen-bond acceptors (Lipinski definition) is 6. The lowest BCUT2D eigenvalue weighted by Crippen LogP contribution is -2.50. The lowest BCUT2D eigenvalue weighted by molar-refractivity contribution is -0.139. The Kier molecular flexibility index (Phi) is 4.72. The van der Waals surface area contributed by atoms with Gasteiger partial charge >= 0.3 is 0 Å². The lowest BCUT2D eigenvalue weighted by Gasteiger charge is -2.39. The Morgan fingerprint density at radius 2 is 2.30 bits per heavy atom. The Balaban J connectivity index is 1.59. The second-order valence-electron chi connectivity index (χ2n) is 6.16. The number of carbonyl (C=O) groups excluding carboxylic acids is 1. The number of aliphatic hydroxyl groups excluding tert-OH is 1. The van der Waals surface area contributed by atoms with Gasteiger partial charge in [0.25, 0.3) is 0 Å². The minimum atomic E-state index is -0.472. The molecule has 2 fully saturated rings. The van der Waals surface area contributed by atoms with Gasteiger partial charge in [-0.25, -0.2) is 14.4 Å². The molecule has 0 aromatic carbocycles. The number of anilines is 1. The summed E-state index contributed by atoms with van der Waals surface area (Å²) in [5.74, 6) is -0.130. The van der Waals surface area contributed by atoms with Gasteiger partial charge in [-0.1, -0.05) is 0 Å². The maximum absolute atomic E-state index is 12.8. The lowest BCUT2D eigenvalue weighted by atomic mass is 9.88. The fraction of sp³-hybridized carbons (Fsp3) is 0.667. The zero-order chi connectivity index (χ0) is 16.3. The third-order valence-electron chi connectivity index (χ3n) is 4.38. The Hall–Kier alpha value is -1.80. The standard InChI is InChI=1S/C15H21FN4O3/c16-11-7-17-14(18-8-11)19-12-6-15(23-9-12)3-1-4-20(10-15)13(22)2-5-21/h7-8,12,21H,1-6,9-10H2,(H,17,18,19)/t12-,15-/m1/s1. The average molecular weight is 324 g/mol. The van der Waals surface area contributed by atoms with Crippen LogP contribution in [0.5, 0.6) is 0 Å². The molecule has 2 saturated heterocycles. The van der Waals surface area contributed by atoms with E-state index in [9.17, 15) is 9.18 Å². The monoisotopic (exact) mass is 324 g/mol. The predicted molar refractivity (Wildman–Crippen MR) is 80.2 cm³/mol. The van der Waals surface area contributed by atoms with E-state index in [0.29, 0.717) is 25.6 Å². The third-order valence-corrected chi connectivity index (χ3v) is 4.38. The number of piperidine rings is 1. The molecule has 7 nitrogen and oxygen atoms in total. The maximum atomic E-state index is 12.8. The Morgan fingerprint density at radius 3 is 3.04 bits per heavy atom. The van der Waals surface area contributed by atoms with Crippen molar-refractivity contribution in [1.29, 1.82) is 0 Å². The molecule has 0 bridgehead atoms. The number of nitrogens with one attached hydrogen (secondary N) is 1. The Labute approximate surface area is 133 Å². The van der Waals surface area contributed by atoms with Gasteiger partial charge in [-0.2, -0.15) is 0 Å². The van der Waals surface area contributed by atoms with Gasteiger partial charge in [0.1, 0.15) is 0 Å². The second-order valence-corrected chi connectivity index (χ2v) is 6.16. The van der Waals surface area contributed by atoms with Crippen LogP contribution < -0.4 is 5.32 Å². The van der Waals surface area contributed by atoms with Crippen LogP contribution in [-0.4, -0.2) is 63.8 Å². The number of hydrogen-bond donors (Lipinski definition) is 2. The highest BCUT2D eigenvalue weighted by Gasteiger charge is 2.44. The van der Waals surface area contributed by atoms with E-state index in [1.54, 1.807) is 4.90 Å². The van der Waals surface area contributed by atoms with Gasteiger partial charge in [0, 0.05) is 25.9 Å². The van der Waals surface area contributed by atoms with Crippen LogP contribution in [-0.2, 0) is 9.53 Å². The van der Waals surface area contributed by atoms with Crippen molar-refractivity contribution >= 4 is 11.9 Å². The second kappa shape index (κ2) is 6.76. The highest BCUT2D eigenvalue weighted by molar-refractivity contribution is 5.76. The molecule has 1 aromatic rings. The molecule has 2 aliphatic rings. The van der Waals surface area contributed by atoms with Crippen LogP contribution in [0.3, 0.4) is 0 Å². The fourth-order valence-corrected chi connectivity index (χ4v) is 3.36. The molecule has 8 heteroatoms. The number of likely N-dealkylation sites (tertiary alicyclic amines) is 1. The molecule has 1 amide bonds. The number of nitrogens with zero attached hydrogens (tertiary/aromatic N) is 3. The summed E-state index contributed by atoms with van der Waals surface area (Å²) >= 11 is 0. The minimum Gasteiger partial charge on any atom is -0.396 e. The number of halogens is 1. The molecule has 0 aliphatic carbocycles. The first-order valence-electron chi connectivity index (χ1n) is 7.87. The van der Waals surface area contributed by atoms with Crippen LogP contribution in [0.2, 0.25) is 0 Å². The number of ether oxygens (including phenoxy) is 1. The van der Waals surface area contributed by atoms with Crippen LogP contribution in [0.25, 0.3) is 0 Å². The highest BCUT2D eigenvalue weighted by atomic mass is 19.1. The molecule has 2 aliphatic heterocycles. The maximum Gasteiger partial charge on any atom is 0.224 e. The molecular weight excluding hydrogens is 303 g/mol. The van der Waals surface area contributed by atoms with E-state index >= 15 is 0 Å². The molecule has 2 atom stereocenters. The van der Waals surface area contributed by atoms with Crippen LogP contribution in [0.4, 0.5) is 10.3 Å². The minimum absolute atomic E-state index is 0.0338. The van der Waals surface area contributed by atoms with Crippen molar-refractivity contribution in [3.63, 3.8) is 0 Å². The van der Waals surface area contributed by atoms with Crippen LogP contribution >= 0.6 is 0 Å². The molecule has 23 heavy (non-hydrogen) atoms. The van der Waals surface area contributed by atoms with Crippen molar-refractivity contribution in [2.45, 2.75) is 37.3 Å². The van der Waals surface area contributed by atoms with Crippen molar-refractivity contribution in [3.8, 4) is 0 Å². The predicted octanol–water partition coefficient (Wildman–Crippen LogP) is 0.560. The topological polar surface area (TPSA) is 87.6 Å². The molecular formula is C15H21FN4O3. The van der Waals surface area contributed by atoms with E-state index in [4.69, 9.17) is 9.84 Å². The van der Waals surface area contributed by atoms with E-state index in [1.165, 1.54) is 0 Å². The molecule has 0 saturated carbocycles. The quantitative estimate of drug-likeness (QED) is 0.841. The number of amides is 1. The zero-order valence-electron chi connectivity index (χ0n) is 12.9. The highest BCUT2D eigenvalue weighted by Crippen LogP contribution is 2.35. The number of rotatable bonds is 4. The largest absolute Gasteiger partial charge is 0.396 e. The van der Waals surface area contributed by atoms with Crippen molar-refractivity contribution in [2.24, 2.45) is 0 Å². The Bertz CT molecular complexity index is 556. The molecule has 3 rings (SSSR count). The molecule has 1 aromatic heterocycles. The number of aliphatic hydroxyl groups is 1. The molecule has 126 valence electrons. The molecule has 0 radical (unpaired) electrons. The van der Waals surface area contributed by atoms with Gasteiger partial charge < -0.3 is 20.1 Å². The fourth-order valence-electron chi connectivity index (χ4n) is 3.36. The van der Waals surface area contributed by atoms with Crippen LogP contribution in [0, 0.1) is 5.82 Å². The van der Waals surface area contributed by atoms with E-state index in [0.717, 1.165) is 31.7 Å². The van der Waals surface area contributed by atoms with Crippen LogP contribution in [0.15, 0.2) is 12.4 Å². The van der Waals surface area contributed by atoms with E-state index in [2.05, 4.69) is 15.3 Å². The summed E-state index contributed by atoms with van der Waals surface area (Å²) in [5, 5.41) is 12.1. The van der Waals surface area contributed by atoms with Crippen molar-refractivity contribution in [1.82, 2.24) is 14.9 Å². The molecule has 2 N–H and O–H groups in total. The molecule has 1 spiro atoms. The summed E-state index contributed by atoms with van der Waals surface area (Å²) in [6.45, 7) is 1.63. The summed E-state index contributed by atoms with van der Waals surface area (Å²) in [6.07, 6.45) is 4.93. The summed E-state index contributed by atoms with van der Waals surface area (Å²) in [5.41, 5.74) is -0.346. The molecule has 3 heterocycles. The van der Waals surface area contributed by atoms with Gasteiger partial charge in [0.15, 0.2) is 5.82 Å². The summed E-state index contributed by atoms with van der Waals surface area (Å²) in [6, 6.07) is 0.0355. The van der Waals surface area contributed by atoms with Crippen LogP contribution in [0.1, 0.15) is 25.7 Å². The average Bonchev–Trinajstić information content (AvgIpc) is 2.92. The normalized spacial score (nSPS) is 27.4. The number of carbonyl (C=O) groups is 1. The summed E-state index contributed by atoms with van der Waals surface area (Å²) < 4.78 is 18.8. The van der Waals surface area contributed by atoms with E-state index < -0.39 is 5.82 Å². The third kappa shape index (κ3) is 3.76. The van der Waals surface area contributed by atoms with Gasteiger partial charge in [-0.05, 0) is 12.8 Å². The number of aromatic nitrogens is 2. The first-order chi connectivity index (χ1) is 11.1. The van der Waals surface area contributed by atoms with Gasteiger partial charge in [-0.15, -0.1) is 0 Å². The summed E-state index contributed by atoms with van der Waals surface area (Å²) in [4.78, 5) is 21.6. The van der Waals surface area contributed by atoms with Crippen molar-refractivity contribution in [2.75, 3.05) is 31.6 Å². The van der Waals surface area contributed by atoms with Gasteiger partial charge in [0.05, 0.1) is 37.3 Å². The smallest absolute Gasteiger partial charge is 0.224 e. The SMILES string of the molecule is O=C(CCO)N1CCC[C@@]2(C[C@@H](Nc3ncc(F)cn3)CO2)C1. The molecule has 0 unspecified atom stereocenters. The summed E-state index contributed by atoms with van der Waals surface area (Å²) in [7, 11) is 0. The van der Waals surface area contributed by atoms with Crippen molar-refractivity contribution < 1.29 is 19.0 Å². The first kappa shape index (κ1) is 16.1. The van der Waals surface area contributed by atoms with E-state index in [1.807, 2.05) is 0 Å². The van der Waals surface area contributed by atoms with E-state index in [-0.39, 0.29) is 30.6 Å². The van der Waals surface area contributed by atoms with Gasteiger partial charge in [-0.3, -0.25) is 4.79 Å².